The van der Waals surface area contributed by atoms with Crippen LogP contribution in [-0.4, -0.2) is 30.4 Å². The van der Waals surface area contributed by atoms with Crippen LogP contribution in [0.4, 0.5) is 4.79 Å². The van der Waals surface area contributed by atoms with Gasteiger partial charge in [0.2, 0.25) is 0 Å². The summed E-state index contributed by atoms with van der Waals surface area (Å²) in [6.07, 6.45) is 1.66. The van der Waals surface area contributed by atoms with E-state index in [-0.39, 0.29) is 5.54 Å². The number of ether oxygens (including phenoxy) is 2. The molecule has 4 heteroatoms. The van der Waals surface area contributed by atoms with Crippen LogP contribution in [0.25, 0.3) is 0 Å². The summed E-state index contributed by atoms with van der Waals surface area (Å²) in [5.74, 6) is 0. The molecule has 0 aromatic carbocycles. The Hall–Kier alpha value is -0.770. The van der Waals surface area contributed by atoms with E-state index in [4.69, 9.17) is 9.47 Å². The lowest BCUT2D eigenvalue weighted by Gasteiger charge is -2.27. The average molecular weight is 245 g/mol. The molecule has 4 nitrogen and oxygen atoms in total. The largest absolute Gasteiger partial charge is 0.508 e. The Balaban J connectivity index is 3.88. The number of hydrogen-bond donors (Lipinski definition) is 1. The molecule has 0 rings (SSSR count). The van der Waals surface area contributed by atoms with Gasteiger partial charge in [-0.05, 0) is 47.6 Å². The molecule has 0 fully saturated rings. The quantitative estimate of drug-likeness (QED) is 0.577. The van der Waals surface area contributed by atoms with E-state index in [1.54, 1.807) is 0 Å². The van der Waals surface area contributed by atoms with Crippen molar-refractivity contribution in [1.82, 2.24) is 5.32 Å². The van der Waals surface area contributed by atoms with Crippen LogP contribution in [0.3, 0.4) is 0 Å². The van der Waals surface area contributed by atoms with Crippen LogP contribution in [-0.2, 0) is 9.47 Å². The molecule has 0 aliphatic heterocycles. The molecular weight excluding hydrogens is 218 g/mol. The molecule has 0 aliphatic carbocycles. The highest BCUT2D eigenvalue weighted by atomic mass is 16.7. The molecule has 102 valence electrons. The van der Waals surface area contributed by atoms with Crippen molar-refractivity contribution < 1.29 is 14.3 Å². The van der Waals surface area contributed by atoms with Crippen molar-refractivity contribution in [1.29, 1.82) is 0 Å². The van der Waals surface area contributed by atoms with E-state index in [0.29, 0.717) is 6.61 Å². The minimum Gasteiger partial charge on any atom is -0.432 e. The molecule has 0 aliphatic rings. The highest BCUT2D eigenvalue weighted by Gasteiger charge is 2.22. The zero-order valence-electron chi connectivity index (χ0n) is 12.1. The minimum absolute atomic E-state index is 0.216. The summed E-state index contributed by atoms with van der Waals surface area (Å²) >= 11 is 0. The van der Waals surface area contributed by atoms with Gasteiger partial charge < -0.3 is 14.8 Å². The smallest absolute Gasteiger partial charge is 0.432 e. The van der Waals surface area contributed by atoms with Crippen LogP contribution in [0.15, 0.2) is 0 Å². The number of nitrogens with one attached hydrogen (secondary N) is 1. The topological polar surface area (TPSA) is 47.6 Å². The molecule has 17 heavy (non-hydrogen) atoms. The first kappa shape index (κ1) is 16.2. The first-order valence-electron chi connectivity index (χ1n) is 6.27. The van der Waals surface area contributed by atoms with Crippen LogP contribution in [0.1, 0.15) is 54.4 Å². The lowest BCUT2D eigenvalue weighted by molar-refractivity contribution is -0.0161. The standard InChI is InChI=1S/C13H27NO3/c1-7-8-9-14-13(5,6)10-16-11(15)17-12(2,3)4/h14H,7-10H2,1-6H3. The fourth-order valence-electron chi connectivity index (χ4n) is 1.17. The summed E-state index contributed by atoms with van der Waals surface area (Å²) in [5.41, 5.74) is -0.719. The maximum absolute atomic E-state index is 11.4. The number of unbranched alkanes of at least 4 members (excludes halogenated alkanes) is 1. The lowest BCUT2D eigenvalue weighted by Crippen LogP contribution is -2.44. The van der Waals surface area contributed by atoms with Gasteiger partial charge in [0, 0.05) is 5.54 Å². The van der Waals surface area contributed by atoms with Gasteiger partial charge in [-0.25, -0.2) is 4.79 Å². The molecule has 0 saturated heterocycles. The number of carbonyl (C=O) groups is 1. The van der Waals surface area contributed by atoms with Gasteiger partial charge in [0.15, 0.2) is 0 Å². The Kier molecular flexibility index (Phi) is 6.53. The van der Waals surface area contributed by atoms with Crippen LogP contribution < -0.4 is 5.32 Å². The van der Waals surface area contributed by atoms with Gasteiger partial charge in [-0.15, -0.1) is 0 Å². The first-order valence-corrected chi connectivity index (χ1v) is 6.27. The van der Waals surface area contributed by atoms with Gasteiger partial charge in [-0.1, -0.05) is 13.3 Å². The van der Waals surface area contributed by atoms with Crippen LogP contribution in [0.5, 0.6) is 0 Å². The second kappa shape index (κ2) is 6.84. The van der Waals surface area contributed by atoms with E-state index < -0.39 is 11.8 Å². The van der Waals surface area contributed by atoms with Gasteiger partial charge in [-0.3, -0.25) is 0 Å². The number of rotatable bonds is 6. The molecule has 0 atom stereocenters. The highest BCUT2D eigenvalue weighted by molar-refractivity contribution is 5.60. The third-order valence-electron chi connectivity index (χ3n) is 2.07. The summed E-state index contributed by atoms with van der Waals surface area (Å²) < 4.78 is 10.2. The molecular formula is C13H27NO3. The molecule has 1 N–H and O–H groups in total. The molecule has 0 bridgehead atoms. The van der Waals surface area contributed by atoms with Gasteiger partial charge in [0.1, 0.15) is 12.2 Å². The Bertz CT molecular complexity index is 231. The van der Waals surface area contributed by atoms with Gasteiger partial charge in [-0.2, -0.15) is 0 Å². The third kappa shape index (κ3) is 10.1. The zero-order valence-corrected chi connectivity index (χ0v) is 12.1. The predicted octanol–water partition coefficient (Wildman–Crippen LogP) is 3.11. The van der Waals surface area contributed by atoms with Crippen molar-refractivity contribution in [3.8, 4) is 0 Å². The molecule has 0 aromatic rings. The van der Waals surface area contributed by atoms with Crippen molar-refractivity contribution in [2.24, 2.45) is 0 Å². The summed E-state index contributed by atoms with van der Waals surface area (Å²) in [7, 11) is 0. The maximum atomic E-state index is 11.4. The van der Waals surface area contributed by atoms with Crippen molar-refractivity contribution in [3.05, 3.63) is 0 Å². The van der Waals surface area contributed by atoms with E-state index in [1.165, 1.54) is 0 Å². The van der Waals surface area contributed by atoms with Crippen LogP contribution in [0, 0.1) is 0 Å². The normalized spacial score (nSPS) is 12.4. The molecule has 0 spiro atoms. The maximum Gasteiger partial charge on any atom is 0.508 e. The van der Waals surface area contributed by atoms with E-state index in [2.05, 4.69) is 12.2 Å². The summed E-state index contributed by atoms with van der Waals surface area (Å²) in [6, 6.07) is 0. The van der Waals surface area contributed by atoms with Gasteiger partial charge in [0.05, 0.1) is 0 Å². The molecule has 0 saturated carbocycles. The number of carbonyl (C=O) groups excluding carboxylic acids is 1. The second-order valence-electron chi connectivity index (χ2n) is 5.92. The predicted molar refractivity (Wildman–Crippen MR) is 69.2 cm³/mol. The minimum atomic E-state index is -0.608. The Morgan fingerprint density at radius 3 is 2.24 bits per heavy atom. The second-order valence-corrected chi connectivity index (χ2v) is 5.92. The van der Waals surface area contributed by atoms with E-state index in [1.807, 2.05) is 34.6 Å². The van der Waals surface area contributed by atoms with Crippen molar-refractivity contribution in [2.75, 3.05) is 13.2 Å². The monoisotopic (exact) mass is 245 g/mol. The fraction of sp³-hybridized carbons (Fsp3) is 0.923. The van der Waals surface area contributed by atoms with Crippen LogP contribution >= 0.6 is 0 Å². The van der Waals surface area contributed by atoms with Crippen LogP contribution in [0.2, 0.25) is 0 Å². The Morgan fingerprint density at radius 2 is 1.76 bits per heavy atom. The first-order chi connectivity index (χ1) is 7.66. The highest BCUT2D eigenvalue weighted by Crippen LogP contribution is 2.10. The number of hydrogen-bond acceptors (Lipinski definition) is 4. The summed E-state index contributed by atoms with van der Waals surface area (Å²) in [4.78, 5) is 11.4. The van der Waals surface area contributed by atoms with E-state index >= 15 is 0 Å². The summed E-state index contributed by atoms with van der Waals surface area (Å²) in [6.45, 7) is 12.9. The average Bonchev–Trinajstić information content (AvgIpc) is 2.13. The van der Waals surface area contributed by atoms with Crippen molar-refractivity contribution in [2.45, 2.75) is 65.5 Å². The Morgan fingerprint density at radius 1 is 1.18 bits per heavy atom. The van der Waals surface area contributed by atoms with Crippen molar-refractivity contribution >= 4 is 6.16 Å². The third-order valence-corrected chi connectivity index (χ3v) is 2.07. The summed E-state index contributed by atoms with van der Waals surface area (Å²) in [5, 5.41) is 3.35. The lowest BCUT2D eigenvalue weighted by atomic mass is 10.1. The molecule has 0 radical (unpaired) electrons. The molecule has 0 aromatic heterocycles. The molecule has 0 heterocycles. The fourth-order valence-corrected chi connectivity index (χ4v) is 1.17. The SMILES string of the molecule is CCCCNC(C)(C)COC(=O)OC(C)(C)C. The van der Waals surface area contributed by atoms with Gasteiger partial charge >= 0.3 is 6.16 Å². The molecule has 0 amide bonds. The van der Waals surface area contributed by atoms with E-state index in [9.17, 15) is 4.79 Å². The van der Waals surface area contributed by atoms with E-state index in [0.717, 1.165) is 19.4 Å². The zero-order chi connectivity index (χ0) is 13.5. The van der Waals surface area contributed by atoms with Gasteiger partial charge in [0.25, 0.3) is 0 Å². The Labute approximate surface area is 105 Å². The van der Waals surface area contributed by atoms with Crippen molar-refractivity contribution in [3.63, 3.8) is 0 Å². The molecule has 0 unspecified atom stereocenters.